The summed E-state index contributed by atoms with van der Waals surface area (Å²) in [5, 5.41) is 2.61. The molecule has 4 nitrogen and oxygen atoms in total. The molecule has 0 aliphatic carbocycles. The number of terminal acetylenes is 2. The second-order valence-corrected chi connectivity index (χ2v) is 5.29. The molecule has 0 atom stereocenters. The zero-order chi connectivity index (χ0) is 17.6. The fourth-order valence-electron chi connectivity index (χ4n) is 2.05. The lowest BCUT2D eigenvalue weighted by atomic mass is 10.2. The standard InChI is InChI=1S/C20H25NO3/c1-4-6-8-10-12-23-18-14-17(20(22)21-3)15-19(16-18)24-13-11-9-7-5-2/h1-2,14-16H,6-13H2,3H3,(H,21,22). The van der Waals surface area contributed by atoms with E-state index in [1.165, 1.54) is 0 Å². The van der Waals surface area contributed by atoms with E-state index in [0.717, 1.165) is 38.5 Å². The third-order valence-electron chi connectivity index (χ3n) is 3.34. The molecular weight excluding hydrogens is 302 g/mol. The van der Waals surface area contributed by atoms with Gasteiger partial charge in [-0.15, -0.1) is 24.7 Å². The summed E-state index contributed by atoms with van der Waals surface area (Å²) in [7, 11) is 1.59. The van der Waals surface area contributed by atoms with Crippen molar-refractivity contribution >= 4 is 5.91 Å². The van der Waals surface area contributed by atoms with Gasteiger partial charge in [-0.05, 0) is 37.8 Å². The molecule has 1 amide bonds. The zero-order valence-corrected chi connectivity index (χ0v) is 14.3. The normalized spacial score (nSPS) is 9.62. The van der Waals surface area contributed by atoms with Gasteiger partial charge in [-0.25, -0.2) is 0 Å². The predicted molar refractivity (Wildman–Crippen MR) is 96.2 cm³/mol. The summed E-state index contributed by atoms with van der Waals surface area (Å²) in [4.78, 5) is 11.9. The molecule has 0 radical (unpaired) electrons. The summed E-state index contributed by atoms with van der Waals surface area (Å²) in [6.07, 6.45) is 15.5. The fourth-order valence-corrected chi connectivity index (χ4v) is 2.05. The Morgan fingerprint density at radius 3 is 1.88 bits per heavy atom. The number of hydrogen-bond acceptors (Lipinski definition) is 3. The number of rotatable bonds is 11. The fraction of sp³-hybridized carbons (Fsp3) is 0.450. The molecule has 0 fully saturated rings. The largest absolute Gasteiger partial charge is 0.493 e. The van der Waals surface area contributed by atoms with E-state index in [-0.39, 0.29) is 5.91 Å². The van der Waals surface area contributed by atoms with Crippen molar-refractivity contribution in [3.05, 3.63) is 23.8 Å². The molecule has 0 aliphatic heterocycles. The minimum atomic E-state index is -0.176. The summed E-state index contributed by atoms with van der Waals surface area (Å²) < 4.78 is 11.4. The first-order chi connectivity index (χ1) is 11.7. The highest BCUT2D eigenvalue weighted by Crippen LogP contribution is 2.24. The molecule has 0 saturated heterocycles. The number of hydrogen-bond donors (Lipinski definition) is 1. The highest BCUT2D eigenvalue weighted by Gasteiger charge is 2.09. The van der Waals surface area contributed by atoms with Crippen LogP contribution in [0.5, 0.6) is 11.5 Å². The highest BCUT2D eigenvalue weighted by molar-refractivity contribution is 5.94. The minimum absolute atomic E-state index is 0.176. The number of carbonyl (C=O) groups is 1. The van der Waals surface area contributed by atoms with Gasteiger partial charge in [0.2, 0.25) is 0 Å². The van der Waals surface area contributed by atoms with Gasteiger partial charge in [0.15, 0.2) is 0 Å². The predicted octanol–water partition coefficient (Wildman–Crippen LogP) is 3.41. The lowest BCUT2D eigenvalue weighted by molar-refractivity contribution is 0.0962. The van der Waals surface area contributed by atoms with E-state index in [4.69, 9.17) is 22.3 Å². The number of benzene rings is 1. The van der Waals surface area contributed by atoms with Crippen molar-refractivity contribution in [2.24, 2.45) is 0 Å². The lowest BCUT2D eigenvalue weighted by Gasteiger charge is -2.12. The highest BCUT2D eigenvalue weighted by atomic mass is 16.5. The molecule has 4 heteroatoms. The third-order valence-corrected chi connectivity index (χ3v) is 3.34. The Morgan fingerprint density at radius 1 is 0.958 bits per heavy atom. The molecule has 0 heterocycles. The van der Waals surface area contributed by atoms with Crippen LogP contribution >= 0.6 is 0 Å². The second-order valence-electron chi connectivity index (χ2n) is 5.29. The number of ether oxygens (including phenoxy) is 2. The Labute approximate surface area is 144 Å². The van der Waals surface area contributed by atoms with Gasteiger partial charge in [-0.1, -0.05) is 0 Å². The molecule has 0 spiro atoms. The van der Waals surface area contributed by atoms with Gasteiger partial charge in [0.05, 0.1) is 13.2 Å². The molecule has 1 N–H and O–H groups in total. The summed E-state index contributed by atoms with van der Waals surface area (Å²) in [5.41, 5.74) is 0.511. The van der Waals surface area contributed by atoms with Crippen molar-refractivity contribution in [1.29, 1.82) is 0 Å². The van der Waals surface area contributed by atoms with Crippen LogP contribution in [0.3, 0.4) is 0 Å². The van der Waals surface area contributed by atoms with Gasteiger partial charge in [-0.2, -0.15) is 0 Å². The Hall–Kier alpha value is -2.59. The van der Waals surface area contributed by atoms with Crippen LogP contribution in [-0.4, -0.2) is 26.2 Å². The van der Waals surface area contributed by atoms with Crippen LogP contribution in [0.1, 0.15) is 48.9 Å². The van der Waals surface area contributed by atoms with Crippen molar-refractivity contribution in [2.45, 2.75) is 38.5 Å². The van der Waals surface area contributed by atoms with E-state index in [1.54, 1.807) is 25.2 Å². The summed E-state index contributed by atoms with van der Waals surface area (Å²) >= 11 is 0. The maximum atomic E-state index is 11.9. The third kappa shape index (κ3) is 7.61. The maximum Gasteiger partial charge on any atom is 0.251 e. The number of unbranched alkanes of at least 4 members (excludes halogenated alkanes) is 4. The van der Waals surface area contributed by atoms with E-state index in [2.05, 4.69) is 17.2 Å². The molecule has 0 bridgehead atoms. The SMILES string of the molecule is C#CCCCCOc1cc(OCCCCC#C)cc(C(=O)NC)c1. The van der Waals surface area contributed by atoms with Crippen molar-refractivity contribution in [3.8, 4) is 36.2 Å². The van der Waals surface area contributed by atoms with Crippen molar-refractivity contribution < 1.29 is 14.3 Å². The molecule has 1 rings (SSSR count). The molecule has 0 aromatic heterocycles. The van der Waals surface area contributed by atoms with Crippen molar-refractivity contribution in [1.82, 2.24) is 5.32 Å². The van der Waals surface area contributed by atoms with E-state index >= 15 is 0 Å². The van der Waals surface area contributed by atoms with Crippen LogP contribution in [0.4, 0.5) is 0 Å². The lowest BCUT2D eigenvalue weighted by Crippen LogP contribution is -2.18. The smallest absolute Gasteiger partial charge is 0.251 e. The second kappa shape index (κ2) is 11.9. The summed E-state index contributed by atoms with van der Waals surface area (Å²) in [6.45, 7) is 1.11. The Kier molecular flexibility index (Phi) is 9.65. The van der Waals surface area contributed by atoms with E-state index < -0.39 is 0 Å². The Morgan fingerprint density at radius 2 is 1.46 bits per heavy atom. The van der Waals surface area contributed by atoms with Gasteiger partial charge in [-0.3, -0.25) is 4.79 Å². The zero-order valence-electron chi connectivity index (χ0n) is 14.3. The molecule has 0 aliphatic rings. The van der Waals surface area contributed by atoms with Gasteiger partial charge in [0.25, 0.3) is 5.91 Å². The van der Waals surface area contributed by atoms with Gasteiger partial charge >= 0.3 is 0 Å². The monoisotopic (exact) mass is 327 g/mol. The number of amides is 1. The molecule has 0 unspecified atom stereocenters. The van der Waals surface area contributed by atoms with E-state index in [1.807, 2.05) is 0 Å². The van der Waals surface area contributed by atoms with Gasteiger partial charge in [0, 0.05) is 31.5 Å². The van der Waals surface area contributed by atoms with E-state index in [9.17, 15) is 4.79 Å². The van der Waals surface area contributed by atoms with E-state index in [0.29, 0.717) is 30.3 Å². The van der Waals surface area contributed by atoms with Crippen molar-refractivity contribution in [2.75, 3.05) is 20.3 Å². The average molecular weight is 327 g/mol. The summed E-state index contributed by atoms with van der Waals surface area (Å²) in [6, 6.07) is 5.23. The van der Waals surface area contributed by atoms with Crippen LogP contribution in [0, 0.1) is 24.7 Å². The average Bonchev–Trinajstić information content (AvgIpc) is 2.60. The Bertz CT molecular complexity index is 554. The van der Waals surface area contributed by atoms with Gasteiger partial charge < -0.3 is 14.8 Å². The maximum absolute atomic E-state index is 11.9. The molecular formula is C20H25NO3. The first kappa shape index (κ1) is 19.5. The molecule has 128 valence electrons. The van der Waals surface area contributed by atoms with Crippen LogP contribution in [0.15, 0.2) is 18.2 Å². The van der Waals surface area contributed by atoms with Crippen LogP contribution in [0.25, 0.3) is 0 Å². The number of nitrogens with one attached hydrogen (secondary N) is 1. The van der Waals surface area contributed by atoms with Crippen molar-refractivity contribution in [3.63, 3.8) is 0 Å². The first-order valence-electron chi connectivity index (χ1n) is 8.21. The molecule has 0 saturated carbocycles. The quantitative estimate of drug-likeness (QED) is 0.500. The van der Waals surface area contributed by atoms with Crippen LogP contribution < -0.4 is 14.8 Å². The molecule has 24 heavy (non-hydrogen) atoms. The van der Waals surface area contributed by atoms with Gasteiger partial charge in [0.1, 0.15) is 11.5 Å². The topological polar surface area (TPSA) is 47.6 Å². The minimum Gasteiger partial charge on any atom is -0.493 e. The van der Waals surface area contributed by atoms with Crippen LogP contribution in [0.2, 0.25) is 0 Å². The molecule has 1 aromatic rings. The molecule has 1 aromatic carbocycles. The first-order valence-corrected chi connectivity index (χ1v) is 8.21. The Balaban J connectivity index is 2.64. The van der Waals surface area contributed by atoms with Crippen LogP contribution in [-0.2, 0) is 0 Å². The summed E-state index contributed by atoms with van der Waals surface area (Å²) in [5.74, 6) is 6.27. The number of carbonyl (C=O) groups excluding carboxylic acids is 1.